The molecule has 2 saturated heterocycles. The Morgan fingerprint density at radius 2 is 1.96 bits per heavy atom. The van der Waals surface area contributed by atoms with E-state index in [4.69, 9.17) is 9.26 Å². The number of nitrogens with zero attached hydrogens (tertiary/aromatic N) is 3. The second-order valence-corrected chi connectivity index (χ2v) is 9.19. The average molecular weight is 383 g/mol. The topological polar surface area (TPSA) is 93.0 Å². The van der Waals surface area contributed by atoms with Gasteiger partial charge in [0.05, 0.1) is 11.4 Å². The van der Waals surface area contributed by atoms with Crippen molar-refractivity contribution in [2.75, 3.05) is 26.2 Å². The summed E-state index contributed by atoms with van der Waals surface area (Å²) in [6.45, 7) is 1.79. The van der Waals surface area contributed by atoms with Gasteiger partial charge in [0.25, 0.3) is 10.0 Å². The normalized spacial score (nSPS) is 20.2. The Labute approximate surface area is 149 Å². The largest absolute Gasteiger partial charge is 0.448 e. The summed E-state index contributed by atoms with van der Waals surface area (Å²) in [6.07, 6.45) is 2.40. The highest BCUT2D eigenvalue weighted by Gasteiger charge is 2.36. The van der Waals surface area contributed by atoms with Crippen molar-refractivity contribution < 1.29 is 22.5 Å². The van der Waals surface area contributed by atoms with Gasteiger partial charge in [-0.05, 0) is 25.0 Å². The number of ether oxygens (including phenoxy) is 1. The summed E-state index contributed by atoms with van der Waals surface area (Å²) < 4.78 is 37.3. The van der Waals surface area contributed by atoms with Crippen LogP contribution in [0.1, 0.15) is 12.8 Å². The Kier molecular flexibility index (Phi) is 4.26. The first-order valence-corrected chi connectivity index (χ1v) is 10.3. The van der Waals surface area contributed by atoms with Gasteiger partial charge in [-0.3, -0.25) is 0 Å². The maximum absolute atomic E-state index is 12.8. The van der Waals surface area contributed by atoms with E-state index in [-0.39, 0.29) is 12.1 Å². The zero-order valence-electron chi connectivity index (χ0n) is 13.3. The number of hydrogen-bond acceptors (Lipinski definition) is 7. The second kappa shape index (κ2) is 6.43. The molecule has 0 N–H and O–H groups in total. The Morgan fingerprint density at radius 1 is 1.16 bits per heavy atom. The van der Waals surface area contributed by atoms with E-state index in [0.717, 1.165) is 4.88 Å². The number of hydrogen-bond donors (Lipinski definition) is 0. The zero-order chi connectivity index (χ0) is 17.4. The number of cyclic esters (lactones) is 1. The van der Waals surface area contributed by atoms with Gasteiger partial charge in [-0.1, -0.05) is 5.16 Å². The van der Waals surface area contributed by atoms with Crippen molar-refractivity contribution in [2.45, 2.75) is 23.1 Å². The molecule has 4 heterocycles. The van der Waals surface area contributed by atoms with E-state index in [9.17, 15) is 13.2 Å². The Balaban J connectivity index is 1.46. The van der Waals surface area contributed by atoms with E-state index in [2.05, 4.69) is 5.16 Å². The maximum atomic E-state index is 12.8. The fourth-order valence-electron chi connectivity index (χ4n) is 3.19. The van der Waals surface area contributed by atoms with Crippen LogP contribution in [0.2, 0.25) is 0 Å². The third-order valence-corrected chi connectivity index (χ3v) is 8.00. The van der Waals surface area contributed by atoms with Gasteiger partial charge >= 0.3 is 6.09 Å². The van der Waals surface area contributed by atoms with Crippen LogP contribution in [0.5, 0.6) is 0 Å². The standard InChI is InChI=1S/C15H17N3O5S2/c19-15-18(8-10-22-15)11-3-6-17(7-4-11)25(20,21)14-2-1-13(24-14)12-5-9-23-16-12/h1-2,5,9,11H,3-4,6-8,10H2. The lowest BCUT2D eigenvalue weighted by molar-refractivity contribution is 0.134. The van der Waals surface area contributed by atoms with Crippen LogP contribution in [-0.4, -0.2) is 61.2 Å². The molecule has 0 spiro atoms. The van der Waals surface area contributed by atoms with Gasteiger partial charge in [0.1, 0.15) is 22.8 Å². The summed E-state index contributed by atoms with van der Waals surface area (Å²) in [5.74, 6) is 0. The van der Waals surface area contributed by atoms with Gasteiger partial charge < -0.3 is 14.2 Å². The number of aromatic nitrogens is 1. The lowest BCUT2D eigenvalue weighted by Gasteiger charge is -2.34. The SMILES string of the molecule is O=C1OCCN1C1CCN(S(=O)(=O)c2ccc(-c3ccon3)s2)CC1. The number of thiophene rings is 1. The minimum Gasteiger partial charge on any atom is -0.448 e. The van der Waals surface area contributed by atoms with Crippen molar-refractivity contribution in [2.24, 2.45) is 0 Å². The minimum absolute atomic E-state index is 0.0514. The Morgan fingerprint density at radius 3 is 2.60 bits per heavy atom. The molecule has 25 heavy (non-hydrogen) atoms. The first-order valence-electron chi connectivity index (χ1n) is 8.00. The Hall–Kier alpha value is -1.91. The number of sulfonamides is 1. The van der Waals surface area contributed by atoms with E-state index in [1.54, 1.807) is 23.1 Å². The lowest BCUT2D eigenvalue weighted by Crippen LogP contribution is -2.46. The van der Waals surface area contributed by atoms with Crippen molar-refractivity contribution in [3.05, 3.63) is 24.5 Å². The number of rotatable bonds is 4. The summed E-state index contributed by atoms with van der Waals surface area (Å²) in [4.78, 5) is 14.1. The summed E-state index contributed by atoms with van der Waals surface area (Å²) in [5.41, 5.74) is 0.623. The molecule has 2 aromatic heterocycles. The molecular weight excluding hydrogens is 366 g/mol. The molecule has 1 amide bonds. The van der Waals surface area contributed by atoms with Gasteiger partial charge in [0.15, 0.2) is 0 Å². The molecule has 134 valence electrons. The van der Waals surface area contributed by atoms with Crippen LogP contribution in [0.25, 0.3) is 10.6 Å². The van der Waals surface area contributed by atoms with Gasteiger partial charge in [0, 0.05) is 25.2 Å². The van der Waals surface area contributed by atoms with Crippen molar-refractivity contribution in [3.63, 3.8) is 0 Å². The molecule has 0 unspecified atom stereocenters. The van der Waals surface area contributed by atoms with Crippen LogP contribution in [0, 0.1) is 0 Å². The number of carbonyl (C=O) groups excluding carboxylic acids is 1. The third kappa shape index (κ3) is 3.05. The number of piperidine rings is 1. The second-order valence-electron chi connectivity index (χ2n) is 5.95. The number of carbonyl (C=O) groups is 1. The van der Waals surface area contributed by atoms with Crippen molar-refractivity contribution >= 4 is 27.5 Å². The average Bonchev–Trinajstić information content (AvgIpc) is 3.36. The van der Waals surface area contributed by atoms with Crippen LogP contribution < -0.4 is 0 Å². The lowest BCUT2D eigenvalue weighted by atomic mass is 10.1. The molecule has 4 rings (SSSR count). The first kappa shape index (κ1) is 16.6. The molecule has 0 atom stereocenters. The molecule has 2 aliphatic heterocycles. The van der Waals surface area contributed by atoms with Crippen molar-refractivity contribution in [1.29, 1.82) is 0 Å². The number of amides is 1. The van der Waals surface area contributed by atoms with Crippen LogP contribution in [-0.2, 0) is 14.8 Å². The predicted molar refractivity (Wildman–Crippen MR) is 89.7 cm³/mol. The molecule has 0 aliphatic carbocycles. The monoisotopic (exact) mass is 383 g/mol. The molecule has 0 saturated carbocycles. The molecule has 8 nitrogen and oxygen atoms in total. The van der Waals surface area contributed by atoms with E-state index in [1.165, 1.54) is 21.9 Å². The molecule has 10 heteroatoms. The molecule has 2 aromatic rings. The maximum Gasteiger partial charge on any atom is 0.410 e. The summed E-state index contributed by atoms with van der Waals surface area (Å²) >= 11 is 1.18. The highest BCUT2D eigenvalue weighted by atomic mass is 32.2. The first-order chi connectivity index (χ1) is 12.1. The van der Waals surface area contributed by atoms with Crippen LogP contribution >= 0.6 is 11.3 Å². The molecule has 2 fully saturated rings. The highest BCUT2D eigenvalue weighted by molar-refractivity contribution is 7.91. The summed E-state index contributed by atoms with van der Waals surface area (Å²) in [6, 6.07) is 5.09. The van der Waals surface area contributed by atoms with Crippen molar-refractivity contribution in [1.82, 2.24) is 14.4 Å². The van der Waals surface area contributed by atoms with Crippen molar-refractivity contribution in [3.8, 4) is 10.6 Å². The summed E-state index contributed by atoms with van der Waals surface area (Å²) in [7, 11) is -3.53. The van der Waals surface area contributed by atoms with Crippen LogP contribution in [0.15, 0.2) is 33.2 Å². The molecule has 0 bridgehead atoms. The molecular formula is C15H17N3O5S2. The van der Waals surface area contributed by atoms with Crippen LogP contribution in [0.3, 0.4) is 0 Å². The molecule has 0 radical (unpaired) electrons. The van der Waals surface area contributed by atoms with E-state index in [0.29, 0.717) is 49.0 Å². The van der Waals surface area contributed by atoms with Gasteiger partial charge in [-0.15, -0.1) is 11.3 Å². The third-order valence-electron chi connectivity index (χ3n) is 4.52. The van der Waals surface area contributed by atoms with E-state index < -0.39 is 10.0 Å². The van der Waals surface area contributed by atoms with Gasteiger partial charge in [-0.2, -0.15) is 4.31 Å². The smallest absolute Gasteiger partial charge is 0.410 e. The molecule has 2 aliphatic rings. The highest BCUT2D eigenvalue weighted by Crippen LogP contribution is 2.33. The Bertz CT molecular complexity index is 854. The predicted octanol–water partition coefficient (Wildman–Crippen LogP) is 2.01. The van der Waals surface area contributed by atoms with Gasteiger partial charge in [0.2, 0.25) is 0 Å². The van der Waals surface area contributed by atoms with E-state index >= 15 is 0 Å². The fraction of sp³-hybridized carbons (Fsp3) is 0.467. The van der Waals surface area contributed by atoms with Gasteiger partial charge in [-0.25, -0.2) is 13.2 Å². The zero-order valence-corrected chi connectivity index (χ0v) is 15.0. The van der Waals surface area contributed by atoms with E-state index in [1.807, 2.05) is 0 Å². The molecule has 0 aromatic carbocycles. The summed E-state index contributed by atoms with van der Waals surface area (Å²) in [5, 5.41) is 3.83. The van der Waals surface area contributed by atoms with Crippen LogP contribution in [0.4, 0.5) is 4.79 Å². The minimum atomic E-state index is -3.53. The fourth-order valence-corrected chi connectivity index (χ4v) is 6.09. The quantitative estimate of drug-likeness (QED) is 0.802.